The minimum absolute atomic E-state index is 0.00343. The monoisotopic (exact) mass is 264 g/mol. The molecule has 19 heavy (non-hydrogen) atoms. The van der Waals surface area contributed by atoms with Crippen molar-refractivity contribution in [2.24, 2.45) is 5.73 Å². The molecule has 4 heteroatoms. The lowest BCUT2D eigenvalue weighted by atomic mass is 9.92. The molecule has 1 saturated carbocycles. The third-order valence-corrected chi connectivity index (χ3v) is 4.24. The summed E-state index contributed by atoms with van der Waals surface area (Å²) >= 11 is 0. The Hall–Kier alpha value is -1.26. The van der Waals surface area contributed by atoms with E-state index in [0.717, 1.165) is 5.56 Å². The Kier molecular flexibility index (Phi) is 4.66. The number of nitrogens with zero attached hydrogens (tertiary/aromatic N) is 1. The molecule has 0 aromatic heterocycles. The maximum absolute atomic E-state index is 10.00. The predicted molar refractivity (Wildman–Crippen MR) is 76.2 cm³/mol. The van der Waals surface area contributed by atoms with Gasteiger partial charge in [0.2, 0.25) is 0 Å². The molecule has 2 rings (SSSR count). The minimum atomic E-state index is 0.00343. The molecule has 106 valence electrons. The first-order chi connectivity index (χ1) is 9.13. The third kappa shape index (κ3) is 3.19. The number of benzene rings is 1. The van der Waals surface area contributed by atoms with Gasteiger partial charge in [0.25, 0.3) is 0 Å². The van der Waals surface area contributed by atoms with Crippen LogP contribution in [0.3, 0.4) is 0 Å². The van der Waals surface area contributed by atoms with Crippen molar-refractivity contribution in [2.45, 2.75) is 44.2 Å². The highest BCUT2D eigenvalue weighted by Crippen LogP contribution is 2.33. The van der Waals surface area contributed by atoms with Gasteiger partial charge in [-0.05, 0) is 26.0 Å². The average Bonchev–Trinajstić information content (AvgIpc) is 2.42. The number of hydrogen-bond acceptors (Lipinski definition) is 4. The Morgan fingerprint density at radius 3 is 2.53 bits per heavy atom. The number of aromatic hydroxyl groups is 2. The SMILES string of the molecule is CN(C1CCCCC1)C(CN)c1ccc(O)cc1O. The van der Waals surface area contributed by atoms with Crippen molar-refractivity contribution < 1.29 is 10.2 Å². The summed E-state index contributed by atoms with van der Waals surface area (Å²) in [5.74, 6) is 0.204. The van der Waals surface area contributed by atoms with Crippen molar-refractivity contribution in [3.05, 3.63) is 23.8 Å². The topological polar surface area (TPSA) is 69.7 Å². The van der Waals surface area contributed by atoms with E-state index in [1.165, 1.54) is 38.2 Å². The van der Waals surface area contributed by atoms with Crippen LogP contribution in [0.25, 0.3) is 0 Å². The first kappa shape index (κ1) is 14.2. The van der Waals surface area contributed by atoms with Crippen LogP contribution in [0.4, 0.5) is 0 Å². The summed E-state index contributed by atoms with van der Waals surface area (Å²) in [6, 6.07) is 5.29. The molecule has 4 nitrogen and oxygen atoms in total. The van der Waals surface area contributed by atoms with Crippen LogP contribution in [0.1, 0.15) is 43.7 Å². The fraction of sp³-hybridized carbons (Fsp3) is 0.600. The van der Waals surface area contributed by atoms with E-state index in [1.54, 1.807) is 12.1 Å². The maximum Gasteiger partial charge on any atom is 0.124 e. The Balaban J connectivity index is 2.18. The second-order valence-electron chi connectivity index (χ2n) is 5.45. The highest BCUT2D eigenvalue weighted by atomic mass is 16.3. The maximum atomic E-state index is 10.00. The van der Waals surface area contributed by atoms with Crippen LogP contribution in [0, 0.1) is 0 Å². The van der Waals surface area contributed by atoms with Crippen LogP contribution >= 0.6 is 0 Å². The van der Waals surface area contributed by atoms with E-state index in [4.69, 9.17) is 5.73 Å². The Morgan fingerprint density at radius 1 is 1.26 bits per heavy atom. The fourth-order valence-corrected chi connectivity index (χ4v) is 3.07. The molecule has 1 fully saturated rings. The average molecular weight is 264 g/mol. The number of likely N-dealkylation sites (N-methyl/N-ethyl adjacent to an activating group) is 1. The van der Waals surface area contributed by atoms with Crippen molar-refractivity contribution in [2.75, 3.05) is 13.6 Å². The van der Waals surface area contributed by atoms with Crippen LogP contribution in [0.2, 0.25) is 0 Å². The van der Waals surface area contributed by atoms with E-state index in [-0.39, 0.29) is 17.5 Å². The molecule has 1 aliphatic rings. The van der Waals surface area contributed by atoms with Gasteiger partial charge in [-0.25, -0.2) is 0 Å². The molecule has 0 aliphatic heterocycles. The second-order valence-corrected chi connectivity index (χ2v) is 5.45. The van der Waals surface area contributed by atoms with Crippen LogP contribution < -0.4 is 5.73 Å². The van der Waals surface area contributed by atoms with Crippen molar-refractivity contribution in [1.29, 1.82) is 0 Å². The summed E-state index contributed by atoms with van der Waals surface area (Å²) in [5.41, 5.74) is 6.70. The van der Waals surface area contributed by atoms with Gasteiger partial charge in [0.1, 0.15) is 11.5 Å². The number of hydrogen-bond donors (Lipinski definition) is 3. The van der Waals surface area contributed by atoms with Gasteiger partial charge in [-0.2, -0.15) is 0 Å². The molecule has 0 spiro atoms. The summed E-state index contributed by atoms with van der Waals surface area (Å²) in [6.07, 6.45) is 6.27. The largest absolute Gasteiger partial charge is 0.508 e. The predicted octanol–water partition coefficient (Wildman–Crippen LogP) is 2.36. The Morgan fingerprint density at radius 2 is 1.95 bits per heavy atom. The highest BCUT2D eigenvalue weighted by molar-refractivity contribution is 5.41. The van der Waals surface area contributed by atoms with E-state index in [2.05, 4.69) is 11.9 Å². The van der Waals surface area contributed by atoms with Crippen molar-refractivity contribution in [1.82, 2.24) is 4.90 Å². The van der Waals surface area contributed by atoms with Gasteiger partial charge < -0.3 is 15.9 Å². The molecular weight excluding hydrogens is 240 g/mol. The van der Waals surface area contributed by atoms with Gasteiger partial charge in [-0.1, -0.05) is 25.3 Å². The molecule has 0 radical (unpaired) electrons. The lowest BCUT2D eigenvalue weighted by Gasteiger charge is -2.37. The van der Waals surface area contributed by atoms with Gasteiger partial charge in [-0.15, -0.1) is 0 Å². The molecule has 0 saturated heterocycles. The zero-order valence-corrected chi connectivity index (χ0v) is 11.5. The molecule has 1 unspecified atom stereocenters. The van der Waals surface area contributed by atoms with Gasteiger partial charge in [0.05, 0.1) is 6.04 Å². The lowest BCUT2D eigenvalue weighted by Crippen LogP contribution is -2.39. The van der Waals surface area contributed by atoms with E-state index in [1.807, 2.05) is 0 Å². The quantitative estimate of drug-likeness (QED) is 0.781. The molecule has 0 amide bonds. The van der Waals surface area contributed by atoms with E-state index in [9.17, 15) is 10.2 Å². The van der Waals surface area contributed by atoms with Gasteiger partial charge >= 0.3 is 0 Å². The fourth-order valence-electron chi connectivity index (χ4n) is 3.07. The number of rotatable bonds is 4. The standard InChI is InChI=1S/C15H24N2O2/c1-17(11-5-3-2-4-6-11)14(10-16)13-8-7-12(18)9-15(13)19/h7-9,11,14,18-19H,2-6,10,16H2,1H3. The summed E-state index contributed by atoms with van der Waals surface area (Å²) in [4.78, 5) is 2.28. The van der Waals surface area contributed by atoms with Crippen molar-refractivity contribution in [3.63, 3.8) is 0 Å². The van der Waals surface area contributed by atoms with Gasteiger partial charge in [0.15, 0.2) is 0 Å². The molecule has 0 heterocycles. The zero-order chi connectivity index (χ0) is 13.8. The molecule has 0 bridgehead atoms. The van der Waals surface area contributed by atoms with Crippen LogP contribution in [-0.2, 0) is 0 Å². The van der Waals surface area contributed by atoms with Gasteiger partial charge in [0, 0.05) is 24.2 Å². The summed E-state index contributed by atoms with van der Waals surface area (Å²) in [6.45, 7) is 0.464. The van der Waals surface area contributed by atoms with Crippen molar-refractivity contribution in [3.8, 4) is 11.5 Å². The Bertz CT molecular complexity index is 417. The van der Waals surface area contributed by atoms with Crippen LogP contribution in [0.5, 0.6) is 11.5 Å². The van der Waals surface area contributed by atoms with Crippen molar-refractivity contribution >= 4 is 0 Å². The lowest BCUT2D eigenvalue weighted by molar-refractivity contribution is 0.139. The Labute approximate surface area is 114 Å². The number of nitrogens with two attached hydrogens (primary N) is 1. The van der Waals surface area contributed by atoms with E-state index >= 15 is 0 Å². The van der Waals surface area contributed by atoms with Crippen LogP contribution in [0.15, 0.2) is 18.2 Å². The highest BCUT2D eigenvalue weighted by Gasteiger charge is 2.26. The normalized spacial score (nSPS) is 18.7. The van der Waals surface area contributed by atoms with E-state index in [0.29, 0.717) is 12.6 Å². The molecule has 1 aromatic rings. The minimum Gasteiger partial charge on any atom is -0.508 e. The molecular formula is C15H24N2O2. The van der Waals surface area contributed by atoms with E-state index < -0.39 is 0 Å². The molecule has 1 atom stereocenters. The number of phenols is 2. The summed E-state index contributed by atoms with van der Waals surface area (Å²) < 4.78 is 0. The summed E-state index contributed by atoms with van der Waals surface area (Å²) in [5, 5.41) is 19.4. The first-order valence-electron chi connectivity index (χ1n) is 7.07. The second kappa shape index (κ2) is 6.26. The van der Waals surface area contributed by atoms with Crippen LogP contribution in [-0.4, -0.2) is 34.7 Å². The molecule has 1 aliphatic carbocycles. The molecule has 4 N–H and O–H groups in total. The molecule has 1 aromatic carbocycles. The third-order valence-electron chi connectivity index (χ3n) is 4.24. The smallest absolute Gasteiger partial charge is 0.124 e. The summed E-state index contributed by atoms with van der Waals surface area (Å²) in [7, 11) is 2.08. The first-order valence-corrected chi connectivity index (χ1v) is 7.07. The zero-order valence-electron chi connectivity index (χ0n) is 11.5. The van der Waals surface area contributed by atoms with Gasteiger partial charge in [-0.3, -0.25) is 4.90 Å². The number of phenolic OH excluding ortho intramolecular Hbond substituents is 2.